The lowest BCUT2D eigenvalue weighted by molar-refractivity contribution is 0.0989. The van der Waals surface area contributed by atoms with Crippen LogP contribution in [0.15, 0.2) is 42.5 Å². The van der Waals surface area contributed by atoms with E-state index in [1.54, 1.807) is 17.0 Å². The summed E-state index contributed by atoms with van der Waals surface area (Å²) in [4.78, 5) is 14.8. The van der Waals surface area contributed by atoms with Gasteiger partial charge in [0.25, 0.3) is 5.91 Å². The summed E-state index contributed by atoms with van der Waals surface area (Å²) in [5.41, 5.74) is 4.25. The molecule has 26 heavy (non-hydrogen) atoms. The third-order valence-electron chi connectivity index (χ3n) is 5.19. The summed E-state index contributed by atoms with van der Waals surface area (Å²) in [5, 5.41) is 0. The molecule has 0 N–H and O–H groups in total. The van der Waals surface area contributed by atoms with E-state index in [0.29, 0.717) is 30.8 Å². The van der Waals surface area contributed by atoms with Gasteiger partial charge in [0.2, 0.25) is 10.0 Å². The number of carbonyl (C=O) groups excluding carboxylic acids is 1. The molecule has 2 aromatic rings. The van der Waals surface area contributed by atoms with E-state index in [0.717, 1.165) is 24.1 Å². The molecule has 1 fully saturated rings. The maximum absolute atomic E-state index is 13.0. The number of rotatable bonds is 2. The zero-order chi connectivity index (χ0) is 18.3. The average molecular weight is 370 g/mol. The number of hydrogen-bond donors (Lipinski definition) is 0. The lowest BCUT2D eigenvalue weighted by atomic mass is 10.1. The van der Waals surface area contributed by atoms with Crippen LogP contribution in [-0.2, 0) is 16.4 Å². The van der Waals surface area contributed by atoms with E-state index in [2.05, 4.69) is 6.07 Å². The van der Waals surface area contributed by atoms with Crippen LogP contribution in [0.25, 0.3) is 0 Å². The van der Waals surface area contributed by atoms with Crippen molar-refractivity contribution >= 4 is 27.3 Å². The zero-order valence-corrected chi connectivity index (χ0v) is 15.6. The summed E-state index contributed by atoms with van der Waals surface area (Å²) in [5.74, 6) is 0.156. The molecule has 5 nitrogen and oxygen atoms in total. The Morgan fingerprint density at radius 3 is 2.58 bits per heavy atom. The van der Waals surface area contributed by atoms with Gasteiger partial charge in [-0.25, -0.2) is 8.42 Å². The molecule has 6 heteroatoms. The third-order valence-corrected chi connectivity index (χ3v) is 7.05. The largest absolute Gasteiger partial charge is 0.308 e. The molecule has 1 saturated heterocycles. The van der Waals surface area contributed by atoms with Gasteiger partial charge in [-0.3, -0.25) is 9.10 Å². The van der Waals surface area contributed by atoms with E-state index < -0.39 is 10.0 Å². The SMILES string of the molecule is Cc1cc(C(=O)N2CCc3ccccc32)ccc1N1CCCCS1(=O)=O. The number of benzene rings is 2. The number of aryl methyl sites for hydroxylation is 1. The van der Waals surface area contributed by atoms with Crippen LogP contribution in [0, 0.1) is 6.92 Å². The summed E-state index contributed by atoms with van der Waals surface area (Å²) < 4.78 is 26.2. The van der Waals surface area contributed by atoms with Gasteiger partial charge in [0.15, 0.2) is 0 Å². The molecule has 0 spiro atoms. The molecule has 0 aliphatic carbocycles. The van der Waals surface area contributed by atoms with Crippen LogP contribution in [0.1, 0.15) is 34.3 Å². The lowest BCUT2D eigenvalue weighted by Crippen LogP contribution is -2.38. The number of para-hydroxylation sites is 1. The Kier molecular flexibility index (Phi) is 4.23. The first-order valence-corrected chi connectivity index (χ1v) is 10.6. The lowest BCUT2D eigenvalue weighted by Gasteiger charge is -2.29. The maximum atomic E-state index is 13.0. The smallest absolute Gasteiger partial charge is 0.258 e. The van der Waals surface area contributed by atoms with Gasteiger partial charge in [-0.15, -0.1) is 0 Å². The first-order chi connectivity index (χ1) is 12.5. The Labute approximate surface area is 154 Å². The number of amides is 1. The zero-order valence-electron chi connectivity index (χ0n) is 14.8. The van der Waals surface area contributed by atoms with E-state index >= 15 is 0 Å². The summed E-state index contributed by atoms with van der Waals surface area (Å²) >= 11 is 0. The minimum absolute atomic E-state index is 0.0360. The first kappa shape index (κ1) is 17.1. The van der Waals surface area contributed by atoms with Crippen molar-refractivity contribution in [2.45, 2.75) is 26.2 Å². The minimum Gasteiger partial charge on any atom is -0.308 e. The van der Waals surface area contributed by atoms with Gasteiger partial charge in [0.05, 0.1) is 11.4 Å². The number of sulfonamides is 1. The maximum Gasteiger partial charge on any atom is 0.258 e. The highest BCUT2D eigenvalue weighted by Crippen LogP contribution is 2.31. The predicted molar refractivity (Wildman–Crippen MR) is 103 cm³/mol. The quantitative estimate of drug-likeness (QED) is 0.816. The molecule has 4 rings (SSSR count). The molecule has 2 heterocycles. The van der Waals surface area contributed by atoms with Crippen molar-refractivity contribution in [2.24, 2.45) is 0 Å². The molecule has 0 aromatic heterocycles. The summed E-state index contributed by atoms with van der Waals surface area (Å²) in [6.45, 7) is 3.06. The molecule has 0 saturated carbocycles. The van der Waals surface area contributed by atoms with Crippen molar-refractivity contribution < 1.29 is 13.2 Å². The van der Waals surface area contributed by atoms with Crippen molar-refractivity contribution in [1.29, 1.82) is 0 Å². The van der Waals surface area contributed by atoms with Crippen molar-refractivity contribution in [3.63, 3.8) is 0 Å². The van der Waals surface area contributed by atoms with Crippen LogP contribution in [0.4, 0.5) is 11.4 Å². The van der Waals surface area contributed by atoms with Crippen molar-refractivity contribution in [3.8, 4) is 0 Å². The van der Waals surface area contributed by atoms with E-state index in [4.69, 9.17) is 0 Å². The fourth-order valence-electron chi connectivity index (χ4n) is 3.83. The normalized spacial score (nSPS) is 18.7. The van der Waals surface area contributed by atoms with E-state index in [1.165, 1.54) is 9.87 Å². The summed E-state index contributed by atoms with van der Waals surface area (Å²) in [6, 6.07) is 13.3. The second kappa shape index (κ2) is 6.43. The van der Waals surface area contributed by atoms with Gasteiger partial charge in [0.1, 0.15) is 0 Å². The van der Waals surface area contributed by atoms with Crippen LogP contribution in [0.3, 0.4) is 0 Å². The number of fused-ring (bicyclic) bond motifs is 1. The topological polar surface area (TPSA) is 57.7 Å². The number of hydrogen-bond acceptors (Lipinski definition) is 3. The Hall–Kier alpha value is -2.34. The van der Waals surface area contributed by atoms with Crippen molar-refractivity contribution in [3.05, 3.63) is 59.2 Å². The molecular weight excluding hydrogens is 348 g/mol. The summed E-state index contributed by atoms with van der Waals surface area (Å²) in [6.07, 6.45) is 2.44. The minimum atomic E-state index is -3.25. The van der Waals surface area contributed by atoms with Crippen molar-refractivity contribution in [2.75, 3.05) is 28.0 Å². The highest BCUT2D eigenvalue weighted by atomic mass is 32.2. The fraction of sp³-hybridized carbons (Fsp3) is 0.350. The Balaban J connectivity index is 1.63. The van der Waals surface area contributed by atoms with Gasteiger partial charge >= 0.3 is 0 Å². The van der Waals surface area contributed by atoms with Crippen LogP contribution >= 0.6 is 0 Å². The van der Waals surface area contributed by atoms with Gasteiger partial charge in [0, 0.05) is 24.3 Å². The van der Waals surface area contributed by atoms with Crippen LogP contribution in [-0.4, -0.2) is 33.2 Å². The predicted octanol–water partition coefficient (Wildman–Crippen LogP) is 3.13. The molecule has 136 valence electrons. The van der Waals surface area contributed by atoms with Gasteiger partial charge < -0.3 is 4.90 Å². The fourth-order valence-corrected chi connectivity index (χ4v) is 5.53. The molecule has 2 aliphatic heterocycles. The monoisotopic (exact) mass is 370 g/mol. The Morgan fingerprint density at radius 1 is 1.00 bits per heavy atom. The molecule has 1 amide bonds. The van der Waals surface area contributed by atoms with Gasteiger partial charge in [-0.2, -0.15) is 0 Å². The van der Waals surface area contributed by atoms with Gasteiger partial charge in [-0.05, 0) is 61.6 Å². The van der Waals surface area contributed by atoms with Crippen LogP contribution in [0.5, 0.6) is 0 Å². The second-order valence-corrected chi connectivity index (χ2v) is 8.94. The molecule has 0 unspecified atom stereocenters. The van der Waals surface area contributed by atoms with Crippen molar-refractivity contribution in [1.82, 2.24) is 0 Å². The highest BCUT2D eigenvalue weighted by molar-refractivity contribution is 7.92. The van der Waals surface area contributed by atoms with E-state index in [9.17, 15) is 13.2 Å². The molecule has 2 aliphatic rings. The summed E-state index contributed by atoms with van der Waals surface area (Å²) in [7, 11) is -3.25. The number of carbonyl (C=O) groups is 1. The van der Waals surface area contributed by atoms with E-state index in [-0.39, 0.29) is 11.7 Å². The second-order valence-electron chi connectivity index (χ2n) is 6.93. The number of anilines is 2. The third kappa shape index (κ3) is 2.88. The molecule has 0 radical (unpaired) electrons. The van der Waals surface area contributed by atoms with Crippen LogP contribution in [0.2, 0.25) is 0 Å². The Morgan fingerprint density at radius 2 is 1.81 bits per heavy atom. The molecule has 2 aromatic carbocycles. The highest BCUT2D eigenvalue weighted by Gasteiger charge is 2.29. The average Bonchev–Trinajstić information content (AvgIpc) is 3.05. The molecule has 0 bridgehead atoms. The Bertz CT molecular complexity index is 969. The molecule has 0 atom stereocenters. The molecular formula is C20H22N2O3S. The number of nitrogens with zero attached hydrogens (tertiary/aromatic N) is 2. The first-order valence-electron chi connectivity index (χ1n) is 8.98. The van der Waals surface area contributed by atoms with E-state index in [1.807, 2.05) is 31.2 Å². The van der Waals surface area contributed by atoms with Gasteiger partial charge in [-0.1, -0.05) is 18.2 Å². The standard InChI is InChI=1S/C20H22N2O3S/c1-15-14-17(8-9-18(15)22-11-4-5-13-26(22,24)25)20(23)21-12-10-16-6-2-3-7-19(16)21/h2-3,6-9,14H,4-5,10-13H2,1H3. The van der Waals surface area contributed by atoms with Crippen LogP contribution < -0.4 is 9.21 Å².